The van der Waals surface area contributed by atoms with Crippen LogP contribution in [0.25, 0.3) is 0 Å². The predicted octanol–water partition coefficient (Wildman–Crippen LogP) is 0.483. The van der Waals surface area contributed by atoms with E-state index in [2.05, 4.69) is 33.4 Å². The normalized spacial score (nSPS) is 31.0. The lowest BCUT2D eigenvalue weighted by molar-refractivity contribution is 0.249. The van der Waals surface area contributed by atoms with Crippen LogP contribution in [0.4, 0.5) is 0 Å². The average molecular weight is 184 g/mol. The first-order chi connectivity index (χ1) is 4.30. The smallest absolute Gasteiger partial charge is 0.0466 e. The van der Waals surface area contributed by atoms with Gasteiger partial charge in [0.2, 0.25) is 0 Å². The first-order valence-corrected chi connectivity index (χ1v) is 5.44. The topological polar surface area (TPSA) is 30.5 Å². The summed E-state index contributed by atoms with van der Waals surface area (Å²) in [6.45, 7) is 0. The maximum absolute atomic E-state index is 3.25. The molecule has 1 fully saturated rings. The van der Waals surface area contributed by atoms with Crippen LogP contribution in [-0.2, 0) is 0 Å². The Labute approximate surface area is 60.8 Å². The third-order valence-electron chi connectivity index (χ3n) is 0.849. The lowest BCUT2D eigenvalue weighted by Gasteiger charge is -2.31. The molecule has 2 N–H and O–H groups in total. The molecule has 0 amide bonds. The van der Waals surface area contributed by atoms with Gasteiger partial charge in [-0.2, -0.15) is 4.55 Å². The van der Waals surface area contributed by atoms with Crippen molar-refractivity contribution in [2.24, 2.45) is 0 Å². The van der Waals surface area contributed by atoms with Gasteiger partial charge in [-0.1, -0.05) is 0 Å². The number of hydrogen-bond acceptors (Lipinski definition) is 4. The van der Waals surface area contributed by atoms with Gasteiger partial charge in [0.05, 0.1) is 0 Å². The Morgan fingerprint density at radius 1 is 1.22 bits per heavy atom. The van der Waals surface area contributed by atoms with Crippen LogP contribution in [0.1, 0.15) is 0 Å². The fourth-order valence-electron chi connectivity index (χ4n) is 0.421. The Hall–Kier alpha value is 1.13. The van der Waals surface area contributed by atoms with Gasteiger partial charge < -0.3 is 0 Å². The first kappa shape index (κ1) is 8.23. The maximum Gasteiger partial charge on any atom is 0.0466 e. The minimum atomic E-state index is 0.737. The molecule has 0 saturated carbocycles. The molecule has 1 saturated heterocycles. The predicted molar refractivity (Wildman–Crippen MR) is 46.7 cm³/mol. The highest BCUT2D eigenvalue weighted by Crippen LogP contribution is 2.37. The van der Waals surface area contributed by atoms with Gasteiger partial charge in [0, 0.05) is 40.7 Å². The van der Waals surface area contributed by atoms with E-state index in [0.717, 1.165) is 26.6 Å². The van der Waals surface area contributed by atoms with Gasteiger partial charge in [-0.05, 0) is 0 Å². The van der Waals surface area contributed by atoms with Crippen molar-refractivity contribution in [1.82, 2.24) is 19.3 Å². The number of hydrazine groups is 1. The molecular formula is C2H11N4P3. The molecule has 4 nitrogen and oxygen atoms in total. The average Bonchev–Trinajstić information content (AvgIpc) is 1.90. The zero-order chi connectivity index (χ0) is 6.69. The zero-order valence-corrected chi connectivity index (χ0v) is 8.39. The molecule has 2 unspecified atom stereocenters. The molecule has 1 aliphatic rings. The van der Waals surface area contributed by atoms with Crippen molar-refractivity contribution in [3.8, 4) is 0 Å². The summed E-state index contributed by atoms with van der Waals surface area (Å²) in [5.74, 6) is 0. The summed E-state index contributed by atoms with van der Waals surface area (Å²) in [6.07, 6.45) is 0. The van der Waals surface area contributed by atoms with Crippen molar-refractivity contribution in [3.63, 3.8) is 0 Å². The van der Waals surface area contributed by atoms with Gasteiger partial charge in [0.15, 0.2) is 0 Å². The summed E-state index contributed by atoms with van der Waals surface area (Å²) >= 11 is 0. The lowest BCUT2D eigenvalue weighted by atomic mass is 11.2. The van der Waals surface area contributed by atoms with Gasteiger partial charge in [-0.3, -0.25) is 9.72 Å². The Kier molecular flexibility index (Phi) is 3.75. The second-order valence-electron chi connectivity index (χ2n) is 1.76. The molecule has 1 aliphatic heterocycles. The second kappa shape index (κ2) is 4.10. The highest BCUT2D eigenvalue weighted by molar-refractivity contribution is 7.65. The summed E-state index contributed by atoms with van der Waals surface area (Å²) < 4.78 is 2.23. The van der Waals surface area contributed by atoms with E-state index in [9.17, 15) is 0 Å². The van der Waals surface area contributed by atoms with Crippen LogP contribution in [0.3, 0.4) is 0 Å². The standard InChI is InChI=1S/C2H11N4P3/c1-5(2)6-8-3-7-4-9-6/h3-4,7-9H,1-2H3. The van der Waals surface area contributed by atoms with E-state index < -0.39 is 0 Å². The van der Waals surface area contributed by atoms with E-state index in [1.54, 1.807) is 0 Å². The number of nitrogens with zero attached hydrogens (tertiary/aromatic N) is 2. The molecule has 2 atom stereocenters. The Morgan fingerprint density at radius 3 is 2.11 bits per heavy atom. The molecular weight excluding hydrogens is 173 g/mol. The van der Waals surface area contributed by atoms with Crippen molar-refractivity contribution < 1.29 is 0 Å². The number of hydrogen-bond donors (Lipinski definition) is 2. The van der Waals surface area contributed by atoms with E-state index in [1.165, 1.54) is 0 Å². The van der Waals surface area contributed by atoms with Crippen LogP contribution >= 0.6 is 26.6 Å². The SMILES string of the molecule is CN(C)N1PNPNP1. The third-order valence-corrected chi connectivity index (χ3v) is 4.64. The molecule has 0 aromatic carbocycles. The Morgan fingerprint density at radius 2 is 1.78 bits per heavy atom. The van der Waals surface area contributed by atoms with E-state index in [-0.39, 0.29) is 0 Å². The van der Waals surface area contributed by atoms with Crippen molar-refractivity contribution in [2.75, 3.05) is 14.1 Å². The molecule has 9 heavy (non-hydrogen) atoms. The number of rotatable bonds is 1. The minimum absolute atomic E-state index is 0.737. The highest BCUT2D eigenvalue weighted by atomic mass is 31.2. The maximum atomic E-state index is 3.25. The molecule has 0 aliphatic carbocycles. The monoisotopic (exact) mass is 184 g/mol. The summed E-state index contributed by atoms with van der Waals surface area (Å²) in [4.78, 5) is 6.50. The molecule has 0 radical (unpaired) electrons. The molecule has 0 spiro atoms. The van der Waals surface area contributed by atoms with Crippen molar-refractivity contribution in [2.45, 2.75) is 0 Å². The summed E-state index contributed by atoms with van der Waals surface area (Å²) in [7, 11) is 6.33. The third kappa shape index (κ3) is 2.69. The van der Waals surface area contributed by atoms with Crippen LogP contribution in [0.5, 0.6) is 0 Å². The molecule has 54 valence electrons. The van der Waals surface area contributed by atoms with Crippen LogP contribution < -0.4 is 9.72 Å². The molecule has 0 aromatic heterocycles. The zero-order valence-electron chi connectivity index (χ0n) is 5.39. The van der Waals surface area contributed by atoms with E-state index in [4.69, 9.17) is 0 Å². The van der Waals surface area contributed by atoms with Gasteiger partial charge in [0.25, 0.3) is 0 Å². The molecule has 1 rings (SSSR count). The molecule has 0 bridgehead atoms. The van der Waals surface area contributed by atoms with E-state index >= 15 is 0 Å². The largest absolute Gasteiger partial charge is 0.252 e. The Balaban J connectivity index is 2.23. The summed E-state index contributed by atoms with van der Waals surface area (Å²) in [6, 6.07) is 0. The summed E-state index contributed by atoms with van der Waals surface area (Å²) in [5.41, 5.74) is 0. The van der Waals surface area contributed by atoms with Gasteiger partial charge in [0.1, 0.15) is 0 Å². The van der Waals surface area contributed by atoms with Crippen molar-refractivity contribution >= 4 is 26.6 Å². The van der Waals surface area contributed by atoms with Gasteiger partial charge in [-0.25, -0.2) is 5.01 Å². The molecule has 0 aromatic rings. The quantitative estimate of drug-likeness (QED) is 0.580. The van der Waals surface area contributed by atoms with Gasteiger partial charge in [-0.15, -0.1) is 0 Å². The molecule has 7 heteroatoms. The van der Waals surface area contributed by atoms with Gasteiger partial charge >= 0.3 is 0 Å². The highest BCUT2D eigenvalue weighted by Gasteiger charge is 2.09. The van der Waals surface area contributed by atoms with Crippen LogP contribution in [-0.4, -0.2) is 23.7 Å². The van der Waals surface area contributed by atoms with E-state index in [0.29, 0.717) is 0 Å². The molecule has 1 heterocycles. The number of nitrogens with one attached hydrogen (secondary N) is 2. The van der Waals surface area contributed by atoms with Crippen molar-refractivity contribution in [1.29, 1.82) is 0 Å². The van der Waals surface area contributed by atoms with Crippen LogP contribution in [0.15, 0.2) is 0 Å². The fraction of sp³-hybridized carbons (Fsp3) is 1.00. The minimum Gasteiger partial charge on any atom is -0.252 e. The van der Waals surface area contributed by atoms with E-state index in [1.807, 2.05) is 0 Å². The van der Waals surface area contributed by atoms with Crippen LogP contribution in [0, 0.1) is 0 Å². The van der Waals surface area contributed by atoms with Crippen molar-refractivity contribution in [3.05, 3.63) is 0 Å². The fourth-order valence-corrected chi connectivity index (χ4v) is 4.16. The van der Waals surface area contributed by atoms with Crippen LogP contribution in [0.2, 0.25) is 0 Å². The lowest BCUT2D eigenvalue weighted by Crippen LogP contribution is -2.28. The second-order valence-corrected chi connectivity index (χ2v) is 5.75. The summed E-state index contributed by atoms with van der Waals surface area (Å²) in [5, 5.41) is 2.10. The Bertz CT molecular complexity index is 81.9. The first-order valence-electron chi connectivity index (χ1n) is 2.54.